The molecule has 2 heterocycles. The first-order chi connectivity index (χ1) is 12.7. The van der Waals surface area contributed by atoms with Gasteiger partial charge in [0.05, 0.1) is 11.3 Å². The van der Waals surface area contributed by atoms with E-state index in [1.54, 1.807) is 18.5 Å². The lowest BCUT2D eigenvalue weighted by atomic mass is 10.2. The summed E-state index contributed by atoms with van der Waals surface area (Å²) in [5.41, 5.74) is 0.765. The molecule has 1 N–H and O–H groups in total. The molecule has 26 heavy (non-hydrogen) atoms. The molecule has 7 nitrogen and oxygen atoms in total. The maximum atomic E-state index is 13.1. The molecule has 1 aromatic heterocycles. The standard InChI is InChI=1S/C18H19FN6O/c19-15-2-3-16(14(12-15)13-20)21-7-4-17(26)24-8-10-25(11-9-24)18-22-5-1-6-23-18/h1-3,5-6,12,21H,4,7-11H2. The summed E-state index contributed by atoms with van der Waals surface area (Å²) < 4.78 is 13.1. The van der Waals surface area contributed by atoms with Gasteiger partial charge >= 0.3 is 0 Å². The van der Waals surface area contributed by atoms with Crippen molar-refractivity contribution in [2.24, 2.45) is 0 Å². The Morgan fingerprint density at radius 1 is 1.23 bits per heavy atom. The highest BCUT2D eigenvalue weighted by molar-refractivity contribution is 5.77. The van der Waals surface area contributed by atoms with Crippen LogP contribution in [0, 0.1) is 17.1 Å². The van der Waals surface area contributed by atoms with E-state index < -0.39 is 5.82 Å². The number of anilines is 2. The van der Waals surface area contributed by atoms with Crippen molar-refractivity contribution in [2.75, 3.05) is 42.9 Å². The maximum absolute atomic E-state index is 13.1. The molecule has 1 aromatic carbocycles. The zero-order chi connectivity index (χ0) is 18.4. The molecule has 0 atom stereocenters. The minimum absolute atomic E-state index is 0.0479. The van der Waals surface area contributed by atoms with E-state index in [0.29, 0.717) is 50.8 Å². The molecule has 0 bridgehead atoms. The lowest BCUT2D eigenvalue weighted by Gasteiger charge is -2.34. The Bertz CT molecular complexity index is 799. The van der Waals surface area contributed by atoms with Crippen molar-refractivity contribution in [1.29, 1.82) is 5.26 Å². The number of benzene rings is 1. The molecule has 8 heteroatoms. The number of nitriles is 1. The van der Waals surface area contributed by atoms with Gasteiger partial charge in [-0.1, -0.05) is 0 Å². The number of piperazine rings is 1. The average Bonchev–Trinajstić information content (AvgIpc) is 2.69. The molecule has 0 unspecified atom stereocenters. The summed E-state index contributed by atoms with van der Waals surface area (Å²) in [5, 5.41) is 12.1. The Kier molecular flexibility index (Phi) is 5.59. The lowest BCUT2D eigenvalue weighted by Crippen LogP contribution is -2.49. The number of halogens is 1. The second kappa shape index (κ2) is 8.25. The molecule has 1 aliphatic heterocycles. The van der Waals surface area contributed by atoms with Crippen LogP contribution in [0.1, 0.15) is 12.0 Å². The van der Waals surface area contributed by atoms with Gasteiger partial charge in [-0.3, -0.25) is 4.79 Å². The number of rotatable bonds is 5. The first-order valence-corrected chi connectivity index (χ1v) is 8.40. The molecule has 1 aliphatic rings. The molecular weight excluding hydrogens is 335 g/mol. The fourth-order valence-electron chi connectivity index (χ4n) is 2.84. The van der Waals surface area contributed by atoms with E-state index in [4.69, 9.17) is 5.26 Å². The van der Waals surface area contributed by atoms with E-state index in [9.17, 15) is 9.18 Å². The van der Waals surface area contributed by atoms with Crippen LogP contribution in [0.5, 0.6) is 0 Å². The third-order valence-corrected chi connectivity index (χ3v) is 4.22. The summed E-state index contributed by atoms with van der Waals surface area (Å²) in [6.07, 6.45) is 3.72. The molecule has 3 rings (SSSR count). The minimum atomic E-state index is -0.455. The smallest absolute Gasteiger partial charge is 0.225 e. The third kappa shape index (κ3) is 4.25. The molecule has 0 spiro atoms. The largest absolute Gasteiger partial charge is 0.383 e. The first-order valence-electron chi connectivity index (χ1n) is 8.40. The molecule has 0 radical (unpaired) electrons. The number of nitrogens with one attached hydrogen (secondary N) is 1. The molecule has 0 saturated carbocycles. The predicted octanol–water partition coefficient (Wildman–Crippen LogP) is 1.64. The van der Waals surface area contributed by atoms with Crippen molar-refractivity contribution in [3.05, 3.63) is 48.0 Å². The molecule has 0 aliphatic carbocycles. The van der Waals surface area contributed by atoms with Crippen LogP contribution in [0.2, 0.25) is 0 Å². The van der Waals surface area contributed by atoms with Crippen LogP contribution in [0.25, 0.3) is 0 Å². The number of aromatic nitrogens is 2. The van der Waals surface area contributed by atoms with Gasteiger partial charge in [0, 0.05) is 51.5 Å². The van der Waals surface area contributed by atoms with Crippen molar-refractivity contribution >= 4 is 17.5 Å². The van der Waals surface area contributed by atoms with Gasteiger partial charge in [-0.2, -0.15) is 5.26 Å². The van der Waals surface area contributed by atoms with E-state index in [0.717, 1.165) is 0 Å². The van der Waals surface area contributed by atoms with Crippen molar-refractivity contribution in [3.8, 4) is 6.07 Å². The number of amides is 1. The quantitative estimate of drug-likeness (QED) is 0.879. The average molecular weight is 354 g/mol. The van der Waals surface area contributed by atoms with Crippen LogP contribution in [0.15, 0.2) is 36.7 Å². The summed E-state index contributed by atoms with van der Waals surface area (Å²) in [6, 6.07) is 7.69. The maximum Gasteiger partial charge on any atom is 0.225 e. The van der Waals surface area contributed by atoms with Gasteiger partial charge in [-0.05, 0) is 24.3 Å². The van der Waals surface area contributed by atoms with Gasteiger partial charge in [0.2, 0.25) is 11.9 Å². The van der Waals surface area contributed by atoms with E-state index in [2.05, 4.69) is 20.2 Å². The Balaban J connectivity index is 1.46. The van der Waals surface area contributed by atoms with Crippen molar-refractivity contribution in [3.63, 3.8) is 0 Å². The van der Waals surface area contributed by atoms with Crippen LogP contribution < -0.4 is 10.2 Å². The zero-order valence-corrected chi connectivity index (χ0v) is 14.2. The van der Waals surface area contributed by atoms with E-state index in [-0.39, 0.29) is 11.5 Å². The van der Waals surface area contributed by atoms with Gasteiger partial charge in [0.15, 0.2) is 0 Å². The second-order valence-corrected chi connectivity index (χ2v) is 5.90. The van der Waals surface area contributed by atoms with E-state index >= 15 is 0 Å². The predicted molar refractivity (Wildman–Crippen MR) is 95.0 cm³/mol. The van der Waals surface area contributed by atoms with Crippen LogP contribution in [0.3, 0.4) is 0 Å². The minimum Gasteiger partial charge on any atom is -0.383 e. The Hall–Kier alpha value is -3.21. The summed E-state index contributed by atoms with van der Waals surface area (Å²) in [5.74, 6) is 0.275. The number of hydrogen-bond acceptors (Lipinski definition) is 6. The molecule has 1 fully saturated rings. The Morgan fingerprint density at radius 2 is 1.96 bits per heavy atom. The SMILES string of the molecule is N#Cc1cc(F)ccc1NCCC(=O)N1CCN(c2ncccn2)CC1. The highest BCUT2D eigenvalue weighted by atomic mass is 19.1. The summed E-state index contributed by atoms with van der Waals surface area (Å²) in [7, 11) is 0. The van der Waals surface area contributed by atoms with Crippen molar-refractivity contribution in [2.45, 2.75) is 6.42 Å². The van der Waals surface area contributed by atoms with E-state index in [1.807, 2.05) is 11.0 Å². The zero-order valence-electron chi connectivity index (χ0n) is 14.2. The number of carbonyl (C=O) groups is 1. The number of nitrogens with zero attached hydrogens (tertiary/aromatic N) is 5. The van der Waals surface area contributed by atoms with Gasteiger partial charge in [0.25, 0.3) is 0 Å². The third-order valence-electron chi connectivity index (χ3n) is 4.22. The van der Waals surface area contributed by atoms with Gasteiger partial charge in [-0.15, -0.1) is 0 Å². The van der Waals surface area contributed by atoms with Crippen LogP contribution in [0.4, 0.5) is 16.0 Å². The summed E-state index contributed by atoms with van der Waals surface area (Å²) in [4.78, 5) is 24.7. The molecule has 1 amide bonds. The van der Waals surface area contributed by atoms with Crippen LogP contribution >= 0.6 is 0 Å². The topological polar surface area (TPSA) is 85.2 Å². The first kappa shape index (κ1) is 17.6. The van der Waals surface area contributed by atoms with Gasteiger partial charge in [0.1, 0.15) is 11.9 Å². The van der Waals surface area contributed by atoms with Gasteiger partial charge < -0.3 is 15.1 Å². The normalized spacial score (nSPS) is 14.0. The fraction of sp³-hybridized carbons (Fsp3) is 0.333. The Morgan fingerprint density at radius 3 is 2.65 bits per heavy atom. The molecule has 2 aromatic rings. The Labute approximate surface area is 151 Å². The monoisotopic (exact) mass is 354 g/mol. The highest BCUT2D eigenvalue weighted by Gasteiger charge is 2.22. The number of hydrogen-bond donors (Lipinski definition) is 1. The summed E-state index contributed by atoms with van der Waals surface area (Å²) in [6.45, 7) is 3.02. The van der Waals surface area contributed by atoms with Gasteiger partial charge in [-0.25, -0.2) is 14.4 Å². The van der Waals surface area contributed by atoms with E-state index in [1.165, 1.54) is 18.2 Å². The second-order valence-electron chi connectivity index (χ2n) is 5.90. The molecule has 134 valence electrons. The van der Waals surface area contributed by atoms with Crippen LogP contribution in [-0.2, 0) is 4.79 Å². The fourth-order valence-corrected chi connectivity index (χ4v) is 2.84. The number of carbonyl (C=O) groups excluding carboxylic acids is 1. The highest BCUT2D eigenvalue weighted by Crippen LogP contribution is 2.16. The van der Waals surface area contributed by atoms with Crippen LogP contribution in [-0.4, -0.2) is 53.5 Å². The molecular formula is C18H19FN6O. The van der Waals surface area contributed by atoms with Crippen molar-refractivity contribution in [1.82, 2.24) is 14.9 Å². The van der Waals surface area contributed by atoms with Crippen molar-refractivity contribution < 1.29 is 9.18 Å². The molecule has 1 saturated heterocycles. The lowest BCUT2D eigenvalue weighted by molar-refractivity contribution is -0.131. The summed E-state index contributed by atoms with van der Waals surface area (Å²) >= 11 is 0.